The topological polar surface area (TPSA) is 103 Å². The number of hydroxylamine groups is 2. The van der Waals surface area contributed by atoms with Gasteiger partial charge in [0.2, 0.25) is 10.4 Å². The zero-order valence-electron chi connectivity index (χ0n) is 10.2. The molecule has 2 bridgehead atoms. The standard InChI is InChI=1S/C11H11N3O5S/c15-11-13-5-3-9(8-2-1-4-12-6-8)10(7-13)14(11)19-20(16,17)18/h1-4,6,10H,5,7H2,(H,16,17,18)/p-1. The van der Waals surface area contributed by atoms with Gasteiger partial charge in [-0.15, -0.1) is 0 Å². The highest BCUT2D eigenvalue weighted by atomic mass is 32.3. The lowest BCUT2D eigenvalue weighted by atomic mass is 9.98. The molecule has 1 unspecified atom stereocenters. The first-order chi connectivity index (χ1) is 9.46. The van der Waals surface area contributed by atoms with Crippen LogP contribution in [0.25, 0.3) is 5.57 Å². The highest BCUT2D eigenvalue weighted by molar-refractivity contribution is 7.80. The lowest BCUT2D eigenvalue weighted by Crippen LogP contribution is -2.36. The van der Waals surface area contributed by atoms with Crippen molar-refractivity contribution in [3.63, 3.8) is 0 Å². The molecule has 8 nitrogen and oxygen atoms in total. The van der Waals surface area contributed by atoms with E-state index in [-0.39, 0.29) is 6.54 Å². The fourth-order valence-corrected chi connectivity index (χ4v) is 2.75. The van der Waals surface area contributed by atoms with E-state index in [2.05, 4.69) is 9.27 Å². The third-order valence-corrected chi connectivity index (χ3v) is 3.54. The van der Waals surface area contributed by atoms with Gasteiger partial charge < -0.3 is 9.45 Å². The predicted molar refractivity (Wildman–Crippen MR) is 65.6 cm³/mol. The van der Waals surface area contributed by atoms with Gasteiger partial charge in [-0.2, -0.15) is 9.35 Å². The molecular formula is C11H10N3O5S-. The first kappa shape index (κ1) is 13.0. The molecule has 3 heterocycles. The van der Waals surface area contributed by atoms with Gasteiger partial charge in [-0.3, -0.25) is 4.98 Å². The number of rotatable bonds is 3. The molecule has 0 aromatic carbocycles. The van der Waals surface area contributed by atoms with E-state index in [1.165, 1.54) is 4.90 Å². The summed E-state index contributed by atoms with van der Waals surface area (Å²) in [5.41, 5.74) is 1.47. The van der Waals surface area contributed by atoms with E-state index in [4.69, 9.17) is 0 Å². The van der Waals surface area contributed by atoms with Crippen LogP contribution in [0.2, 0.25) is 0 Å². The number of nitrogens with zero attached hydrogens (tertiary/aromatic N) is 3. The maximum atomic E-state index is 11.9. The summed E-state index contributed by atoms with van der Waals surface area (Å²) in [5, 5.41) is 0.619. The fraction of sp³-hybridized carbons (Fsp3) is 0.273. The zero-order chi connectivity index (χ0) is 14.3. The number of fused-ring (bicyclic) bond motifs is 2. The van der Waals surface area contributed by atoms with Gasteiger partial charge in [-0.1, -0.05) is 12.1 Å². The molecule has 0 aliphatic carbocycles. The molecule has 0 radical (unpaired) electrons. The molecule has 2 aliphatic rings. The molecule has 20 heavy (non-hydrogen) atoms. The number of hydrogen-bond acceptors (Lipinski definition) is 6. The summed E-state index contributed by atoms with van der Waals surface area (Å²) in [6, 6.07) is 2.25. The highest BCUT2D eigenvalue weighted by Crippen LogP contribution is 2.32. The summed E-state index contributed by atoms with van der Waals surface area (Å²) in [6.07, 6.45) is 5.01. The minimum Gasteiger partial charge on any atom is -0.724 e. The number of pyridine rings is 1. The van der Waals surface area contributed by atoms with Crippen molar-refractivity contribution in [1.29, 1.82) is 0 Å². The average molecular weight is 296 g/mol. The summed E-state index contributed by atoms with van der Waals surface area (Å²) in [6.45, 7) is 0.605. The van der Waals surface area contributed by atoms with Crippen molar-refractivity contribution in [2.45, 2.75) is 6.04 Å². The van der Waals surface area contributed by atoms with Crippen molar-refractivity contribution in [1.82, 2.24) is 14.9 Å². The SMILES string of the molecule is O=C1N2CC=C(c3cccnc3)C(C2)N1OS(=O)(=O)[O-]. The Morgan fingerprint density at radius 3 is 2.90 bits per heavy atom. The van der Waals surface area contributed by atoms with Gasteiger partial charge in [-0.05, 0) is 17.2 Å². The Bertz CT molecular complexity index is 673. The van der Waals surface area contributed by atoms with E-state index in [9.17, 15) is 17.8 Å². The monoisotopic (exact) mass is 296 g/mol. The quantitative estimate of drug-likeness (QED) is 0.573. The summed E-state index contributed by atoms with van der Waals surface area (Å²) in [4.78, 5) is 17.3. The Kier molecular flexibility index (Phi) is 2.96. The number of aromatic nitrogens is 1. The zero-order valence-corrected chi connectivity index (χ0v) is 11.0. The second-order valence-electron chi connectivity index (χ2n) is 4.41. The normalized spacial score (nSPS) is 22.1. The van der Waals surface area contributed by atoms with E-state index in [0.717, 1.165) is 5.56 Å². The van der Waals surface area contributed by atoms with E-state index in [1.807, 2.05) is 0 Å². The van der Waals surface area contributed by atoms with E-state index >= 15 is 0 Å². The Morgan fingerprint density at radius 2 is 2.25 bits per heavy atom. The second-order valence-corrected chi connectivity index (χ2v) is 5.38. The first-order valence-electron chi connectivity index (χ1n) is 5.80. The van der Waals surface area contributed by atoms with E-state index in [0.29, 0.717) is 17.2 Å². The van der Waals surface area contributed by atoms with Crippen molar-refractivity contribution >= 4 is 22.0 Å². The van der Waals surface area contributed by atoms with Crippen molar-refractivity contribution in [3.8, 4) is 0 Å². The number of hydrogen-bond donors (Lipinski definition) is 0. The van der Waals surface area contributed by atoms with Gasteiger partial charge in [0.1, 0.15) is 6.04 Å². The van der Waals surface area contributed by atoms with Crippen LogP contribution in [0.4, 0.5) is 4.79 Å². The first-order valence-corrected chi connectivity index (χ1v) is 7.13. The van der Waals surface area contributed by atoms with Crippen LogP contribution in [-0.4, -0.2) is 53.1 Å². The maximum absolute atomic E-state index is 11.9. The molecule has 0 saturated carbocycles. The molecule has 0 spiro atoms. The van der Waals surface area contributed by atoms with Crippen molar-refractivity contribution in [3.05, 3.63) is 36.2 Å². The van der Waals surface area contributed by atoms with Gasteiger partial charge in [0.05, 0.1) is 6.54 Å². The molecule has 1 atom stereocenters. The molecule has 0 N–H and O–H groups in total. The molecule has 106 valence electrons. The number of amides is 2. The van der Waals surface area contributed by atoms with Crippen LogP contribution in [0.3, 0.4) is 0 Å². The Hall–Kier alpha value is -1.97. The Morgan fingerprint density at radius 1 is 1.45 bits per heavy atom. The van der Waals surface area contributed by atoms with Crippen LogP contribution in [0, 0.1) is 0 Å². The van der Waals surface area contributed by atoms with Crippen molar-refractivity contribution in [2.75, 3.05) is 13.1 Å². The smallest absolute Gasteiger partial charge is 0.346 e. The molecular weight excluding hydrogens is 286 g/mol. The fourth-order valence-electron chi connectivity index (χ4n) is 2.38. The minimum atomic E-state index is -5.00. The second kappa shape index (κ2) is 4.54. The third-order valence-electron chi connectivity index (χ3n) is 3.19. The molecule has 1 fully saturated rings. The predicted octanol–water partition coefficient (Wildman–Crippen LogP) is -0.0234. The Balaban J connectivity index is 1.96. The van der Waals surface area contributed by atoms with Crippen LogP contribution in [0.15, 0.2) is 30.6 Å². The molecule has 1 saturated heterocycles. The summed E-state index contributed by atoms with van der Waals surface area (Å²) >= 11 is 0. The van der Waals surface area contributed by atoms with Gasteiger partial charge in [0, 0.05) is 18.9 Å². The van der Waals surface area contributed by atoms with Crippen LogP contribution in [0.5, 0.6) is 0 Å². The van der Waals surface area contributed by atoms with Crippen molar-refractivity contribution in [2.24, 2.45) is 0 Å². The molecule has 1 aromatic heterocycles. The maximum Gasteiger partial charge on any atom is 0.346 e. The van der Waals surface area contributed by atoms with Crippen LogP contribution < -0.4 is 0 Å². The van der Waals surface area contributed by atoms with Gasteiger partial charge in [0.25, 0.3) is 0 Å². The molecule has 2 amide bonds. The molecule has 1 aromatic rings. The molecule has 9 heteroatoms. The number of carbonyl (C=O) groups excluding carboxylic acids is 1. The van der Waals surface area contributed by atoms with Gasteiger partial charge in [-0.25, -0.2) is 13.2 Å². The van der Waals surface area contributed by atoms with Gasteiger partial charge >= 0.3 is 6.03 Å². The summed E-state index contributed by atoms with van der Waals surface area (Å²) < 4.78 is 36.5. The lowest BCUT2D eigenvalue weighted by Gasteiger charge is -2.25. The van der Waals surface area contributed by atoms with Crippen LogP contribution >= 0.6 is 0 Å². The third kappa shape index (κ3) is 2.26. The van der Waals surface area contributed by atoms with E-state index in [1.54, 1.807) is 30.6 Å². The molecule has 2 aliphatic heterocycles. The van der Waals surface area contributed by atoms with Gasteiger partial charge in [0.15, 0.2) is 0 Å². The van der Waals surface area contributed by atoms with Crippen molar-refractivity contribution < 1.29 is 22.0 Å². The Labute approximate surface area is 115 Å². The number of urea groups is 1. The van der Waals surface area contributed by atoms with E-state index < -0.39 is 22.5 Å². The number of carbonyl (C=O) groups is 1. The average Bonchev–Trinajstić information content (AvgIpc) is 2.64. The summed E-state index contributed by atoms with van der Waals surface area (Å²) in [5.74, 6) is 0. The highest BCUT2D eigenvalue weighted by Gasteiger charge is 2.44. The lowest BCUT2D eigenvalue weighted by molar-refractivity contribution is -0.0171. The van der Waals surface area contributed by atoms with Crippen LogP contribution in [0.1, 0.15) is 5.56 Å². The van der Waals surface area contributed by atoms with Crippen LogP contribution in [-0.2, 0) is 14.7 Å². The summed E-state index contributed by atoms with van der Waals surface area (Å²) in [7, 11) is -5.00. The minimum absolute atomic E-state index is 0.273. The molecule has 3 rings (SSSR count). The largest absolute Gasteiger partial charge is 0.724 e.